The quantitative estimate of drug-likeness (QED) is 0.648. The van der Waals surface area contributed by atoms with Crippen molar-refractivity contribution < 1.29 is 14.6 Å². The first kappa shape index (κ1) is 20.6. The van der Waals surface area contributed by atoms with Crippen LogP contribution in [-0.4, -0.2) is 45.4 Å². The topological polar surface area (TPSA) is 79.6 Å². The molecule has 3 unspecified atom stereocenters. The monoisotopic (exact) mass is 432 g/mol. The maximum Gasteiger partial charge on any atom is 0.263 e. The summed E-state index contributed by atoms with van der Waals surface area (Å²) in [5.74, 6) is 0.545. The van der Waals surface area contributed by atoms with Crippen LogP contribution < -0.4 is 15.0 Å². The maximum atomic E-state index is 13.0. The number of carbonyl (C=O) groups is 1. The van der Waals surface area contributed by atoms with Crippen LogP contribution in [0.4, 0.5) is 5.69 Å². The van der Waals surface area contributed by atoms with Crippen molar-refractivity contribution >= 4 is 11.6 Å². The second-order valence-corrected chi connectivity index (χ2v) is 8.56. The zero-order valence-corrected chi connectivity index (χ0v) is 17.9. The fourth-order valence-electron chi connectivity index (χ4n) is 4.55. The smallest absolute Gasteiger partial charge is 0.263 e. The Morgan fingerprint density at radius 2 is 1.94 bits per heavy atom. The van der Waals surface area contributed by atoms with Crippen LogP contribution in [0.1, 0.15) is 31.2 Å². The third-order valence-electron chi connectivity index (χ3n) is 6.32. The Balaban J connectivity index is 1.31. The molecule has 1 amide bonds. The van der Waals surface area contributed by atoms with E-state index in [9.17, 15) is 9.90 Å². The van der Waals surface area contributed by atoms with Crippen LogP contribution in [-0.2, 0) is 11.3 Å². The molecule has 2 N–H and O–H groups in total. The van der Waals surface area contributed by atoms with Gasteiger partial charge in [-0.1, -0.05) is 37.1 Å². The number of aromatic nitrogens is 2. The van der Waals surface area contributed by atoms with Gasteiger partial charge in [-0.25, -0.2) is 4.98 Å². The van der Waals surface area contributed by atoms with Gasteiger partial charge < -0.3 is 24.6 Å². The van der Waals surface area contributed by atoms with Crippen molar-refractivity contribution in [2.45, 2.75) is 50.5 Å². The average molecular weight is 433 g/mol. The van der Waals surface area contributed by atoms with Gasteiger partial charge >= 0.3 is 0 Å². The number of fused-ring (bicyclic) bond motifs is 1. The predicted molar refractivity (Wildman–Crippen MR) is 122 cm³/mol. The van der Waals surface area contributed by atoms with Crippen molar-refractivity contribution in [3.8, 4) is 11.4 Å². The molecule has 7 nitrogen and oxygen atoms in total. The van der Waals surface area contributed by atoms with E-state index < -0.39 is 12.2 Å². The minimum atomic E-state index is -0.621. The first-order valence-corrected chi connectivity index (χ1v) is 11.2. The molecule has 1 aromatic heterocycles. The van der Waals surface area contributed by atoms with Crippen molar-refractivity contribution in [3.63, 3.8) is 0 Å². The van der Waals surface area contributed by atoms with Crippen molar-refractivity contribution in [2.75, 3.05) is 11.4 Å². The summed E-state index contributed by atoms with van der Waals surface area (Å²) in [5.41, 5.74) is 3.18. The number of imidazole rings is 1. The van der Waals surface area contributed by atoms with Crippen LogP contribution in [0.15, 0.2) is 67.3 Å². The summed E-state index contributed by atoms with van der Waals surface area (Å²) in [5, 5.41) is 13.3. The fourth-order valence-corrected chi connectivity index (χ4v) is 4.55. The highest BCUT2D eigenvalue weighted by atomic mass is 16.5. The van der Waals surface area contributed by atoms with Crippen molar-refractivity contribution in [3.05, 3.63) is 72.8 Å². The van der Waals surface area contributed by atoms with E-state index >= 15 is 0 Å². The summed E-state index contributed by atoms with van der Waals surface area (Å²) in [6, 6.07) is 16.0. The standard InChI is InChI=1S/C25H28N4O3/c30-22-7-3-1-5-20(22)27-25(31)24-16-29(21-6-2-4-8-23(21)32-24)15-18-9-11-19(12-10-18)28-14-13-26-17-28/h2,4,6,8-14,17,20,22,24,30H,1,3,5,7,15-16H2,(H,27,31). The van der Waals surface area contributed by atoms with E-state index in [4.69, 9.17) is 4.74 Å². The first-order valence-electron chi connectivity index (χ1n) is 11.2. The number of ether oxygens (including phenoxy) is 1. The van der Waals surface area contributed by atoms with Gasteiger partial charge in [0, 0.05) is 24.6 Å². The molecular formula is C25H28N4O3. The first-order chi connectivity index (χ1) is 15.7. The highest BCUT2D eigenvalue weighted by Crippen LogP contribution is 2.34. The molecule has 5 rings (SSSR count). The summed E-state index contributed by atoms with van der Waals surface area (Å²) in [7, 11) is 0. The molecule has 2 aromatic carbocycles. The molecule has 166 valence electrons. The Kier molecular flexibility index (Phi) is 5.81. The predicted octanol–water partition coefficient (Wildman–Crippen LogP) is 3.06. The lowest BCUT2D eigenvalue weighted by Gasteiger charge is -2.37. The number of hydrogen-bond acceptors (Lipinski definition) is 5. The van der Waals surface area contributed by atoms with E-state index in [1.54, 1.807) is 12.5 Å². The molecule has 2 heterocycles. The van der Waals surface area contributed by atoms with Gasteiger partial charge in [-0.05, 0) is 42.7 Å². The lowest BCUT2D eigenvalue weighted by molar-refractivity contribution is -0.129. The summed E-state index contributed by atoms with van der Waals surface area (Å²) in [6.07, 6.45) is 7.93. The molecule has 3 atom stereocenters. The van der Waals surface area contributed by atoms with Crippen LogP contribution in [0, 0.1) is 0 Å². The highest BCUT2D eigenvalue weighted by Gasteiger charge is 2.33. The fraction of sp³-hybridized carbons (Fsp3) is 0.360. The van der Waals surface area contributed by atoms with Gasteiger partial charge in [0.2, 0.25) is 0 Å². The van der Waals surface area contributed by atoms with E-state index in [0.717, 1.165) is 42.6 Å². The van der Waals surface area contributed by atoms with Crippen LogP contribution in [0.2, 0.25) is 0 Å². The van der Waals surface area contributed by atoms with E-state index in [2.05, 4.69) is 39.5 Å². The number of benzene rings is 2. The molecule has 0 saturated heterocycles. The Hall–Kier alpha value is -3.32. The third-order valence-corrected chi connectivity index (χ3v) is 6.32. The van der Waals surface area contributed by atoms with E-state index in [1.165, 1.54) is 0 Å². The summed E-state index contributed by atoms with van der Waals surface area (Å²) < 4.78 is 8.03. The SMILES string of the molecule is O=C(NC1CCCCC1O)C1CN(Cc2ccc(-n3ccnc3)cc2)c2ccccc2O1. The molecule has 1 fully saturated rings. The van der Waals surface area contributed by atoms with Crippen LogP contribution in [0.5, 0.6) is 5.75 Å². The molecule has 1 saturated carbocycles. The molecule has 32 heavy (non-hydrogen) atoms. The molecule has 1 aliphatic carbocycles. The van der Waals surface area contributed by atoms with Gasteiger partial charge in [-0.15, -0.1) is 0 Å². The molecule has 7 heteroatoms. The van der Waals surface area contributed by atoms with Gasteiger partial charge in [0.15, 0.2) is 6.10 Å². The van der Waals surface area contributed by atoms with Crippen molar-refractivity contribution in [1.82, 2.24) is 14.9 Å². The number of carbonyl (C=O) groups excluding carboxylic acids is 1. The van der Waals surface area contributed by atoms with Gasteiger partial charge in [0.05, 0.1) is 30.7 Å². The third kappa shape index (κ3) is 4.34. The average Bonchev–Trinajstić information content (AvgIpc) is 3.36. The van der Waals surface area contributed by atoms with Crippen molar-refractivity contribution in [2.24, 2.45) is 0 Å². The normalized spacial score (nSPS) is 22.7. The van der Waals surface area contributed by atoms with Gasteiger partial charge in [0.1, 0.15) is 5.75 Å². The summed E-state index contributed by atoms with van der Waals surface area (Å²) in [4.78, 5) is 19.3. The molecule has 3 aromatic rings. The number of hydrogen-bond donors (Lipinski definition) is 2. The van der Waals surface area contributed by atoms with Gasteiger partial charge in [-0.3, -0.25) is 4.79 Å². The zero-order valence-electron chi connectivity index (χ0n) is 17.9. The number of aliphatic hydroxyl groups is 1. The van der Waals surface area contributed by atoms with Gasteiger partial charge in [0.25, 0.3) is 5.91 Å². The lowest BCUT2D eigenvalue weighted by atomic mass is 9.92. The number of nitrogens with zero attached hydrogens (tertiary/aromatic N) is 3. The highest BCUT2D eigenvalue weighted by molar-refractivity contribution is 5.83. The maximum absolute atomic E-state index is 13.0. The Bertz CT molecular complexity index is 1050. The second-order valence-electron chi connectivity index (χ2n) is 8.56. The number of rotatable bonds is 5. The molecule has 1 aliphatic heterocycles. The van der Waals surface area contributed by atoms with E-state index in [1.807, 2.05) is 35.0 Å². The number of nitrogens with one attached hydrogen (secondary N) is 1. The minimum absolute atomic E-state index is 0.161. The number of anilines is 1. The largest absolute Gasteiger partial charge is 0.477 e. The Morgan fingerprint density at radius 1 is 1.12 bits per heavy atom. The van der Waals surface area contributed by atoms with E-state index in [0.29, 0.717) is 18.8 Å². The Labute approximate surface area is 187 Å². The lowest BCUT2D eigenvalue weighted by Crippen LogP contribution is -2.54. The molecule has 0 spiro atoms. The van der Waals surface area contributed by atoms with Crippen LogP contribution in [0.25, 0.3) is 5.69 Å². The van der Waals surface area contributed by atoms with E-state index in [-0.39, 0.29) is 11.9 Å². The number of aliphatic hydroxyl groups excluding tert-OH is 1. The second kappa shape index (κ2) is 9.04. The Morgan fingerprint density at radius 3 is 2.72 bits per heavy atom. The van der Waals surface area contributed by atoms with Crippen LogP contribution >= 0.6 is 0 Å². The molecular weight excluding hydrogens is 404 g/mol. The number of para-hydroxylation sites is 2. The van der Waals surface area contributed by atoms with Gasteiger partial charge in [-0.2, -0.15) is 0 Å². The molecule has 0 radical (unpaired) electrons. The van der Waals surface area contributed by atoms with Crippen molar-refractivity contribution in [1.29, 1.82) is 0 Å². The molecule has 0 bridgehead atoms. The number of amides is 1. The molecule has 2 aliphatic rings. The zero-order chi connectivity index (χ0) is 21.9. The minimum Gasteiger partial charge on any atom is -0.477 e. The summed E-state index contributed by atoms with van der Waals surface area (Å²) in [6.45, 7) is 1.12. The van der Waals surface area contributed by atoms with Crippen LogP contribution in [0.3, 0.4) is 0 Å². The summed E-state index contributed by atoms with van der Waals surface area (Å²) >= 11 is 0.